The standard InChI is InChI=1S/C14H21BrN2O/c1-10-7-17(8-11(2)16-10)9-12-6-13(18-3)4-5-14(12)15/h4-6,10-11,16H,7-9H2,1-3H3. The molecule has 2 unspecified atom stereocenters. The second-order valence-electron chi connectivity index (χ2n) is 5.12. The van der Waals surface area contributed by atoms with Crippen molar-refractivity contribution >= 4 is 15.9 Å². The molecule has 1 aliphatic heterocycles. The number of hydrogen-bond acceptors (Lipinski definition) is 3. The molecule has 2 rings (SSSR count). The molecular weight excluding hydrogens is 292 g/mol. The zero-order valence-electron chi connectivity index (χ0n) is 11.2. The summed E-state index contributed by atoms with van der Waals surface area (Å²) >= 11 is 3.62. The van der Waals surface area contributed by atoms with Crippen LogP contribution in [0.3, 0.4) is 0 Å². The summed E-state index contributed by atoms with van der Waals surface area (Å²) in [4.78, 5) is 2.49. The quantitative estimate of drug-likeness (QED) is 0.928. The summed E-state index contributed by atoms with van der Waals surface area (Å²) in [6.45, 7) is 7.63. The van der Waals surface area contributed by atoms with Gasteiger partial charge >= 0.3 is 0 Å². The van der Waals surface area contributed by atoms with Gasteiger partial charge in [-0.2, -0.15) is 0 Å². The number of halogens is 1. The Balaban J connectivity index is 2.08. The molecular formula is C14H21BrN2O. The minimum atomic E-state index is 0.554. The normalized spacial score (nSPS) is 25.1. The monoisotopic (exact) mass is 312 g/mol. The van der Waals surface area contributed by atoms with Crippen LogP contribution in [0.15, 0.2) is 22.7 Å². The smallest absolute Gasteiger partial charge is 0.119 e. The minimum absolute atomic E-state index is 0.554. The topological polar surface area (TPSA) is 24.5 Å². The van der Waals surface area contributed by atoms with Crippen LogP contribution in [0.1, 0.15) is 19.4 Å². The summed E-state index contributed by atoms with van der Waals surface area (Å²) in [5.41, 5.74) is 1.29. The van der Waals surface area contributed by atoms with Gasteiger partial charge in [-0.15, -0.1) is 0 Å². The number of rotatable bonds is 3. The van der Waals surface area contributed by atoms with Crippen molar-refractivity contribution in [2.45, 2.75) is 32.5 Å². The van der Waals surface area contributed by atoms with Gasteiger partial charge in [0.25, 0.3) is 0 Å². The van der Waals surface area contributed by atoms with Crippen molar-refractivity contribution in [3.05, 3.63) is 28.2 Å². The highest BCUT2D eigenvalue weighted by molar-refractivity contribution is 9.10. The van der Waals surface area contributed by atoms with Gasteiger partial charge in [-0.25, -0.2) is 0 Å². The van der Waals surface area contributed by atoms with Crippen LogP contribution in [-0.2, 0) is 6.54 Å². The number of ether oxygens (including phenoxy) is 1. The minimum Gasteiger partial charge on any atom is -0.497 e. The lowest BCUT2D eigenvalue weighted by atomic mass is 10.1. The Hall–Kier alpha value is -0.580. The molecule has 0 radical (unpaired) electrons. The third-order valence-corrected chi connectivity index (χ3v) is 4.05. The summed E-state index contributed by atoms with van der Waals surface area (Å²) in [6, 6.07) is 7.26. The van der Waals surface area contributed by atoms with Gasteiger partial charge in [0.15, 0.2) is 0 Å². The number of benzene rings is 1. The second-order valence-corrected chi connectivity index (χ2v) is 5.97. The Kier molecular flexibility index (Phi) is 4.65. The van der Waals surface area contributed by atoms with Crippen LogP contribution < -0.4 is 10.1 Å². The molecule has 1 fully saturated rings. The summed E-state index contributed by atoms with van der Waals surface area (Å²) in [7, 11) is 1.71. The molecule has 0 spiro atoms. The van der Waals surface area contributed by atoms with E-state index in [1.165, 1.54) is 5.56 Å². The molecule has 1 aliphatic rings. The van der Waals surface area contributed by atoms with Crippen molar-refractivity contribution in [3.8, 4) is 5.75 Å². The van der Waals surface area contributed by atoms with Crippen molar-refractivity contribution < 1.29 is 4.74 Å². The highest BCUT2D eigenvalue weighted by Crippen LogP contribution is 2.24. The fourth-order valence-corrected chi connectivity index (χ4v) is 2.98. The average molecular weight is 313 g/mol. The third kappa shape index (κ3) is 3.46. The van der Waals surface area contributed by atoms with Crippen molar-refractivity contribution in [2.24, 2.45) is 0 Å². The third-order valence-electron chi connectivity index (χ3n) is 3.28. The van der Waals surface area contributed by atoms with Crippen LogP contribution >= 0.6 is 15.9 Å². The summed E-state index contributed by atoms with van der Waals surface area (Å²) in [5, 5.41) is 3.55. The maximum absolute atomic E-state index is 5.29. The zero-order valence-corrected chi connectivity index (χ0v) is 12.8. The molecule has 1 heterocycles. The van der Waals surface area contributed by atoms with E-state index in [0.717, 1.165) is 29.9 Å². The van der Waals surface area contributed by atoms with Crippen molar-refractivity contribution in [1.29, 1.82) is 0 Å². The van der Waals surface area contributed by atoms with E-state index in [9.17, 15) is 0 Å². The molecule has 1 aromatic rings. The molecule has 0 amide bonds. The van der Waals surface area contributed by atoms with E-state index < -0.39 is 0 Å². The van der Waals surface area contributed by atoms with Gasteiger partial charge in [0, 0.05) is 36.2 Å². The molecule has 1 aromatic carbocycles. The molecule has 0 saturated carbocycles. The second kappa shape index (κ2) is 6.04. The van der Waals surface area contributed by atoms with Crippen LogP contribution in [0, 0.1) is 0 Å². The van der Waals surface area contributed by atoms with Gasteiger partial charge < -0.3 is 10.1 Å². The molecule has 1 saturated heterocycles. The SMILES string of the molecule is COc1ccc(Br)c(CN2CC(C)NC(C)C2)c1. The molecule has 1 N–H and O–H groups in total. The largest absolute Gasteiger partial charge is 0.497 e. The highest BCUT2D eigenvalue weighted by atomic mass is 79.9. The van der Waals surface area contributed by atoms with E-state index in [0.29, 0.717) is 12.1 Å². The lowest BCUT2D eigenvalue weighted by Gasteiger charge is -2.36. The van der Waals surface area contributed by atoms with Crippen LogP contribution in [0.5, 0.6) is 5.75 Å². The van der Waals surface area contributed by atoms with E-state index in [1.54, 1.807) is 7.11 Å². The van der Waals surface area contributed by atoms with Crippen LogP contribution in [-0.4, -0.2) is 37.2 Å². The number of methoxy groups -OCH3 is 1. The Morgan fingerprint density at radius 1 is 1.33 bits per heavy atom. The van der Waals surface area contributed by atoms with Gasteiger partial charge in [0.2, 0.25) is 0 Å². The fraction of sp³-hybridized carbons (Fsp3) is 0.571. The van der Waals surface area contributed by atoms with Crippen molar-refractivity contribution in [2.75, 3.05) is 20.2 Å². The predicted octanol–water partition coefficient (Wildman–Crippen LogP) is 2.64. The number of nitrogens with one attached hydrogen (secondary N) is 1. The first-order valence-corrected chi connectivity index (χ1v) is 7.18. The van der Waals surface area contributed by atoms with Crippen molar-refractivity contribution in [1.82, 2.24) is 10.2 Å². The maximum atomic E-state index is 5.29. The Labute approximate surface area is 118 Å². The average Bonchev–Trinajstić information content (AvgIpc) is 2.30. The first-order chi connectivity index (χ1) is 8.58. The van der Waals surface area contributed by atoms with Crippen LogP contribution in [0.2, 0.25) is 0 Å². The lowest BCUT2D eigenvalue weighted by Crippen LogP contribution is -2.53. The number of nitrogens with zero attached hydrogens (tertiary/aromatic N) is 1. The van der Waals surface area contributed by atoms with Gasteiger partial charge in [-0.1, -0.05) is 15.9 Å². The maximum Gasteiger partial charge on any atom is 0.119 e. The predicted molar refractivity (Wildman–Crippen MR) is 78.0 cm³/mol. The molecule has 0 bridgehead atoms. The Morgan fingerprint density at radius 3 is 2.61 bits per heavy atom. The molecule has 0 aliphatic carbocycles. The van der Waals surface area contributed by atoms with Crippen molar-refractivity contribution in [3.63, 3.8) is 0 Å². The summed E-state index contributed by atoms with van der Waals surface area (Å²) < 4.78 is 6.44. The van der Waals surface area contributed by atoms with E-state index in [-0.39, 0.29) is 0 Å². The van der Waals surface area contributed by atoms with Gasteiger partial charge in [-0.05, 0) is 37.6 Å². The van der Waals surface area contributed by atoms with Gasteiger partial charge in [0.1, 0.15) is 5.75 Å². The molecule has 0 aromatic heterocycles. The first-order valence-electron chi connectivity index (χ1n) is 6.39. The zero-order chi connectivity index (χ0) is 13.1. The number of piperazine rings is 1. The molecule has 100 valence electrons. The summed E-state index contributed by atoms with van der Waals surface area (Å²) in [6.07, 6.45) is 0. The summed E-state index contributed by atoms with van der Waals surface area (Å²) in [5.74, 6) is 0.921. The van der Waals surface area contributed by atoms with E-state index in [2.05, 4.69) is 52.1 Å². The van der Waals surface area contributed by atoms with Crippen LogP contribution in [0.25, 0.3) is 0 Å². The Morgan fingerprint density at radius 2 is 2.00 bits per heavy atom. The Bertz CT molecular complexity index is 401. The van der Waals surface area contributed by atoms with Gasteiger partial charge in [-0.3, -0.25) is 4.90 Å². The molecule has 3 nitrogen and oxygen atoms in total. The number of hydrogen-bond donors (Lipinski definition) is 1. The highest BCUT2D eigenvalue weighted by Gasteiger charge is 2.21. The molecule has 2 atom stereocenters. The van der Waals surface area contributed by atoms with E-state index in [4.69, 9.17) is 4.74 Å². The van der Waals surface area contributed by atoms with E-state index >= 15 is 0 Å². The first kappa shape index (κ1) is 13.8. The van der Waals surface area contributed by atoms with Gasteiger partial charge in [0.05, 0.1) is 7.11 Å². The molecule has 4 heteroatoms. The van der Waals surface area contributed by atoms with Crippen LogP contribution in [0.4, 0.5) is 0 Å². The van der Waals surface area contributed by atoms with E-state index in [1.807, 2.05) is 6.07 Å². The molecule has 18 heavy (non-hydrogen) atoms. The fourth-order valence-electron chi connectivity index (χ4n) is 2.61. The lowest BCUT2D eigenvalue weighted by molar-refractivity contribution is 0.166.